The van der Waals surface area contributed by atoms with Gasteiger partial charge in [0.05, 0.1) is 15.7 Å². The second kappa shape index (κ2) is 10.2. The molecule has 0 aliphatic carbocycles. The van der Waals surface area contributed by atoms with E-state index in [2.05, 4.69) is 44.7 Å². The van der Waals surface area contributed by atoms with Crippen LogP contribution in [0.25, 0.3) is 0 Å². The first-order chi connectivity index (χ1) is 10.1. The van der Waals surface area contributed by atoms with Crippen LogP contribution in [0.1, 0.15) is 60.8 Å². The lowest BCUT2D eigenvalue weighted by atomic mass is 9.89. The number of nitrogens with one attached hydrogen (secondary N) is 1. The van der Waals surface area contributed by atoms with Crippen molar-refractivity contribution in [2.45, 2.75) is 71.6 Å². The van der Waals surface area contributed by atoms with Crippen molar-refractivity contribution in [1.29, 1.82) is 0 Å². The summed E-state index contributed by atoms with van der Waals surface area (Å²) in [7, 11) is -1.08. The monoisotopic (exact) mass is 325 g/mol. The van der Waals surface area contributed by atoms with Gasteiger partial charge in [0.15, 0.2) is 0 Å². The van der Waals surface area contributed by atoms with Gasteiger partial charge < -0.3 is 0 Å². The molecule has 0 heterocycles. The Kier molecular flexibility index (Phi) is 9.86. The van der Waals surface area contributed by atoms with E-state index in [9.17, 15) is 4.21 Å². The van der Waals surface area contributed by atoms with E-state index in [4.69, 9.17) is 0 Å². The van der Waals surface area contributed by atoms with Gasteiger partial charge in [-0.05, 0) is 59.8 Å². The van der Waals surface area contributed by atoms with Crippen LogP contribution in [0, 0.1) is 11.8 Å². The largest absolute Gasteiger partial charge is 0.242 e. The minimum Gasteiger partial charge on any atom is -0.242 e. The van der Waals surface area contributed by atoms with E-state index in [0.29, 0.717) is 5.92 Å². The van der Waals surface area contributed by atoms with E-state index in [1.165, 1.54) is 5.57 Å². The molecule has 0 aliphatic rings. The Hall–Kier alpha value is -0.670. The third-order valence-electron chi connectivity index (χ3n) is 3.69. The molecule has 0 bridgehead atoms. The summed E-state index contributed by atoms with van der Waals surface area (Å²) < 4.78 is 15.5. The molecule has 22 heavy (non-hydrogen) atoms. The van der Waals surface area contributed by atoms with Crippen molar-refractivity contribution < 1.29 is 4.21 Å². The molecule has 0 aromatic heterocycles. The molecular weight excluding hydrogens is 290 g/mol. The Morgan fingerprint density at radius 3 is 2.18 bits per heavy atom. The molecule has 0 radical (unpaired) electrons. The molecule has 1 N–H and O–H groups in total. The van der Waals surface area contributed by atoms with Crippen LogP contribution in [-0.2, 0) is 11.0 Å². The van der Waals surface area contributed by atoms with Crippen molar-refractivity contribution in [3.8, 4) is 0 Å². The summed E-state index contributed by atoms with van der Waals surface area (Å²) in [5.74, 6) is 0.699. The first-order valence-corrected chi connectivity index (χ1v) is 9.33. The number of hydrogen-bond donors (Lipinski definition) is 1. The molecule has 0 amide bonds. The van der Waals surface area contributed by atoms with Crippen molar-refractivity contribution in [3.63, 3.8) is 0 Å². The quantitative estimate of drug-likeness (QED) is 0.552. The Morgan fingerprint density at radius 1 is 1.23 bits per heavy atom. The van der Waals surface area contributed by atoms with Gasteiger partial charge in [0.2, 0.25) is 0 Å². The molecule has 128 valence electrons. The molecular formula is C19H35NOS. The predicted molar refractivity (Wildman–Crippen MR) is 101 cm³/mol. The molecule has 2 nitrogen and oxygen atoms in total. The van der Waals surface area contributed by atoms with E-state index < -0.39 is 11.0 Å². The molecule has 1 unspecified atom stereocenters. The minimum atomic E-state index is -1.08. The van der Waals surface area contributed by atoms with Crippen molar-refractivity contribution >= 4 is 11.0 Å². The lowest BCUT2D eigenvalue weighted by Gasteiger charge is -2.29. The summed E-state index contributed by atoms with van der Waals surface area (Å²) in [5.41, 5.74) is 1.37. The van der Waals surface area contributed by atoms with Crippen LogP contribution in [-0.4, -0.2) is 15.0 Å². The SMILES string of the molecule is C=CC(C=C)[C@H](C[C@@H](C)CCC=C(C)C)NS(=O)C(C)(C)C. The smallest absolute Gasteiger partial charge is 0.0973 e. The molecule has 0 rings (SSSR count). The lowest BCUT2D eigenvalue weighted by molar-refractivity contribution is 0.391. The zero-order valence-electron chi connectivity index (χ0n) is 15.3. The van der Waals surface area contributed by atoms with E-state index in [-0.39, 0.29) is 16.7 Å². The van der Waals surface area contributed by atoms with Gasteiger partial charge in [-0.3, -0.25) is 0 Å². The zero-order chi connectivity index (χ0) is 17.3. The summed E-state index contributed by atoms with van der Waals surface area (Å²) in [6.45, 7) is 20.3. The van der Waals surface area contributed by atoms with Crippen LogP contribution >= 0.6 is 0 Å². The second-order valence-electron chi connectivity index (χ2n) is 7.35. The molecule has 0 saturated heterocycles. The van der Waals surface area contributed by atoms with Gasteiger partial charge in [-0.25, -0.2) is 8.93 Å². The van der Waals surface area contributed by atoms with Crippen LogP contribution in [0.5, 0.6) is 0 Å². The van der Waals surface area contributed by atoms with Crippen LogP contribution in [0.4, 0.5) is 0 Å². The van der Waals surface area contributed by atoms with Crippen LogP contribution in [0.2, 0.25) is 0 Å². The van der Waals surface area contributed by atoms with E-state index in [0.717, 1.165) is 19.3 Å². The maximum absolute atomic E-state index is 12.4. The number of allylic oxidation sites excluding steroid dienone is 2. The van der Waals surface area contributed by atoms with Crippen molar-refractivity contribution in [1.82, 2.24) is 4.72 Å². The Morgan fingerprint density at radius 2 is 1.77 bits per heavy atom. The molecule has 3 heteroatoms. The molecule has 0 aliphatic heterocycles. The molecule has 3 atom stereocenters. The lowest BCUT2D eigenvalue weighted by Crippen LogP contribution is -2.43. The van der Waals surface area contributed by atoms with Crippen molar-refractivity contribution in [2.24, 2.45) is 11.8 Å². The second-order valence-corrected chi connectivity index (χ2v) is 9.35. The summed E-state index contributed by atoms with van der Waals surface area (Å²) in [6.07, 6.45) is 9.30. The fourth-order valence-electron chi connectivity index (χ4n) is 2.23. The van der Waals surface area contributed by atoms with Crippen LogP contribution in [0.15, 0.2) is 37.0 Å². The van der Waals surface area contributed by atoms with Crippen molar-refractivity contribution in [2.75, 3.05) is 0 Å². The summed E-state index contributed by atoms with van der Waals surface area (Å²) in [6, 6.07) is 0.122. The van der Waals surface area contributed by atoms with Gasteiger partial charge in [-0.2, -0.15) is 0 Å². The normalized spacial score (nSPS) is 16.0. The third kappa shape index (κ3) is 8.70. The first kappa shape index (κ1) is 21.3. The zero-order valence-corrected chi connectivity index (χ0v) is 16.1. The van der Waals surface area contributed by atoms with Gasteiger partial charge in [0.25, 0.3) is 0 Å². The van der Waals surface area contributed by atoms with Gasteiger partial charge in [0.1, 0.15) is 0 Å². The average Bonchev–Trinajstić information content (AvgIpc) is 2.38. The highest BCUT2D eigenvalue weighted by atomic mass is 32.2. The summed E-state index contributed by atoms with van der Waals surface area (Å²) in [4.78, 5) is 0. The third-order valence-corrected chi connectivity index (χ3v) is 5.32. The van der Waals surface area contributed by atoms with Gasteiger partial charge >= 0.3 is 0 Å². The minimum absolute atomic E-state index is 0.122. The molecule has 0 fully saturated rings. The topological polar surface area (TPSA) is 29.1 Å². The summed E-state index contributed by atoms with van der Waals surface area (Å²) in [5, 5.41) is 0. The Bertz CT molecular complexity index is 394. The van der Waals surface area contributed by atoms with E-state index >= 15 is 0 Å². The van der Waals surface area contributed by atoms with Crippen LogP contribution in [0.3, 0.4) is 0 Å². The van der Waals surface area contributed by atoms with Crippen LogP contribution < -0.4 is 4.72 Å². The van der Waals surface area contributed by atoms with Gasteiger partial charge in [0, 0.05) is 12.0 Å². The van der Waals surface area contributed by atoms with Gasteiger partial charge in [-0.1, -0.05) is 30.7 Å². The number of rotatable bonds is 10. The highest BCUT2D eigenvalue weighted by molar-refractivity contribution is 7.84. The maximum atomic E-state index is 12.4. The molecule has 0 saturated carbocycles. The number of hydrogen-bond acceptors (Lipinski definition) is 1. The average molecular weight is 326 g/mol. The standard InChI is InChI=1S/C19H35NOS/c1-9-17(10-2)18(20-22(21)19(6,7)8)14-16(5)13-11-12-15(3)4/h9-10,12,16-18,20H,1-2,11,13-14H2,3-8H3/t16-,18-,22?/m0/s1. The van der Waals surface area contributed by atoms with E-state index in [1.807, 2.05) is 32.9 Å². The highest BCUT2D eigenvalue weighted by Gasteiger charge is 2.26. The molecule has 0 spiro atoms. The molecule has 0 aromatic rings. The van der Waals surface area contributed by atoms with Crippen molar-refractivity contribution in [3.05, 3.63) is 37.0 Å². The van der Waals surface area contributed by atoms with E-state index in [1.54, 1.807) is 0 Å². The highest BCUT2D eigenvalue weighted by Crippen LogP contribution is 2.22. The summed E-state index contributed by atoms with van der Waals surface area (Å²) >= 11 is 0. The Balaban J connectivity index is 4.80. The fourth-order valence-corrected chi connectivity index (χ4v) is 3.11. The maximum Gasteiger partial charge on any atom is 0.0973 e. The Labute approximate surface area is 140 Å². The predicted octanol–water partition coefficient (Wildman–Crippen LogP) is 5.17. The first-order valence-electron chi connectivity index (χ1n) is 8.18. The fraction of sp³-hybridized carbons (Fsp3) is 0.684. The van der Waals surface area contributed by atoms with Gasteiger partial charge in [-0.15, -0.1) is 13.2 Å². The molecule has 0 aromatic carbocycles.